The number of amides is 1. The second-order valence-electron chi connectivity index (χ2n) is 3.93. The molecular formula is C12H6F2N2O2S. The van der Waals surface area contributed by atoms with Crippen molar-refractivity contribution in [3.05, 3.63) is 45.9 Å². The number of Topliss-reactive ketones (excluding diaryl/α,β-unsaturated/α-hetero) is 1. The van der Waals surface area contributed by atoms with Crippen LogP contribution in [0.1, 0.15) is 15.4 Å². The fourth-order valence-electron chi connectivity index (χ4n) is 1.91. The molecule has 1 aromatic heterocycles. The van der Waals surface area contributed by atoms with Crippen LogP contribution in [0.25, 0.3) is 0 Å². The summed E-state index contributed by atoms with van der Waals surface area (Å²) in [7, 11) is 0. The molecule has 1 aromatic carbocycles. The number of hydrogen-bond donors (Lipinski definition) is 0. The molecule has 0 fully saturated rings. The summed E-state index contributed by atoms with van der Waals surface area (Å²) in [6.07, 6.45) is 1.56. The molecule has 0 N–H and O–H groups in total. The molecule has 2 heterocycles. The zero-order valence-corrected chi connectivity index (χ0v) is 10.2. The molecule has 2 aromatic rings. The number of anilines is 1. The Labute approximate surface area is 110 Å². The van der Waals surface area contributed by atoms with E-state index in [0.717, 1.165) is 17.0 Å². The van der Waals surface area contributed by atoms with Gasteiger partial charge in [0.25, 0.3) is 11.7 Å². The van der Waals surface area contributed by atoms with Crippen molar-refractivity contribution in [2.24, 2.45) is 0 Å². The summed E-state index contributed by atoms with van der Waals surface area (Å²) in [4.78, 5) is 28.6. The zero-order chi connectivity index (χ0) is 13.6. The Morgan fingerprint density at radius 3 is 2.63 bits per heavy atom. The normalized spacial score (nSPS) is 14.1. The first-order chi connectivity index (χ1) is 9.08. The van der Waals surface area contributed by atoms with E-state index in [0.29, 0.717) is 5.01 Å². The van der Waals surface area contributed by atoms with Gasteiger partial charge in [-0.05, 0) is 6.07 Å². The van der Waals surface area contributed by atoms with Crippen molar-refractivity contribution in [1.29, 1.82) is 0 Å². The molecule has 96 valence electrons. The smallest absolute Gasteiger partial charge is 0.298 e. The average molecular weight is 280 g/mol. The monoisotopic (exact) mass is 280 g/mol. The molecule has 7 heteroatoms. The van der Waals surface area contributed by atoms with Crippen LogP contribution in [0.5, 0.6) is 0 Å². The molecule has 19 heavy (non-hydrogen) atoms. The minimum atomic E-state index is -1.14. The van der Waals surface area contributed by atoms with Crippen LogP contribution in [0.15, 0.2) is 23.7 Å². The van der Waals surface area contributed by atoms with Gasteiger partial charge in [-0.3, -0.25) is 14.5 Å². The van der Waals surface area contributed by atoms with Crippen molar-refractivity contribution < 1.29 is 18.4 Å². The van der Waals surface area contributed by atoms with Gasteiger partial charge in [0.2, 0.25) is 0 Å². The standard InChI is InChI=1S/C12H6F2N2O2S/c13-7-3-6-9(4-8(7)14)16(12(18)11(6)17)5-10-15-1-2-19-10/h1-4H,5H2. The summed E-state index contributed by atoms with van der Waals surface area (Å²) >= 11 is 1.31. The minimum absolute atomic E-state index is 0.0698. The van der Waals surface area contributed by atoms with E-state index >= 15 is 0 Å². The maximum Gasteiger partial charge on any atom is 0.299 e. The van der Waals surface area contributed by atoms with Crippen molar-refractivity contribution in [3.8, 4) is 0 Å². The Balaban J connectivity index is 2.06. The number of hydrogen-bond acceptors (Lipinski definition) is 4. The first-order valence-corrected chi connectivity index (χ1v) is 6.19. The molecule has 0 atom stereocenters. The molecule has 0 radical (unpaired) electrons. The summed E-state index contributed by atoms with van der Waals surface area (Å²) in [6.45, 7) is 0.0698. The number of halogens is 2. The van der Waals surface area contributed by atoms with Gasteiger partial charge in [0.05, 0.1) is 17.8 Å². The Hall–Kier alpha value is -2.15. The van der Waals surface area contributed by atoms with Crippen LogP contribution in [0, 0.1) is 11.6 Å². The molecule has 3 rings (SSSR count). The van der Waals surface area contributed by atoms with E-state index in [1.165, 1.54) is 11.3 Å². The third-order valence-corrected chi connectivity index (χ3v) is 3.55. The Kier molecular flexibility index (Phi) is 2.63. The molecule has 0 aliphatic carbocycles. The lowest BCUT2D eigenvalue weighted by Gasteiger charge is -2.14. The Morgan fingerprint density at radius 1 is 1.21 bits per heavy atom. The second kappa shape index (κ2) is 4.20. The second-order valence-corrected chi connectivity index (χ2v) is 4.91. The van der Waals surface area contributed by atoms with Crippen LogP contribution in [-0.2, 0) is 11.3 Å². The molecule has 4 nitrogen and oxygen atoms in total. The largest absolute Gasteiger partial charge is 0.299 e. The number of thiazole rings is 1. The van der Waals surface area contributed by atoms with Crippen LogP contribution >= 0.6 is 11.3 Å². The molecule has 1 aliphatic rings. The summed E-state index contributed by atoms with van der Waals surface area (Å²) < 4.78 is 26.4. The molecule has 0 saturated heterocycles. The number of ketones is 1. The van der Waals surface area contributed by atoms with Crippen LogP contribution < -0.4 is 4.90 Å². The Morgan fingerprint density at radius 2 is 1.95 bits per heavy atom. The number of carbonyl (C=O) groups excluding carboxylic acids is 2. The number of carbonyl (C=O) groups is 2. The van der Waals surface area contributed by atoms with Gasteiger partial charge in [0.15, 0.2) is 11.6 Å². The van der Waals surface area contributed by atoms with Crippen molar-refractivity contribution in [1.82, 2.24) is 4.98 Å². The van der Waals surface area contributed by atoms with Crippen molar-refractivity contribution >= 4 is 28.7 Å². The molecular weight excluding hydrogens is 274 g/mol. The summed E-state index contributed by atoms with van der Waals surface area (Å²) in [6, 6.07) is 1.62. The summed E-state index contributed by atoms with van der Waals surface area (Å²) in [5, 5.41) is 2.34. The molecule has 0 saturated carbocycles. The third kappa shape index (κ3) is 1.82. The van der Waals surface area contributed by atoms with Gasteiger partial charge in [-0.1, -0.05) is 0 Å². The lowest BCUT2D eigenvalue weighted by Crippen LogP contribution is -2.29. The van der Waals surface area contributed by atoms with Gasteiger partial charge in [0.1, 0.15) is 5.01 Å². The molecule has 1 amide bonds. The SMILES string of the molecule is O=C1C(=O)N(Cc2nccs2)c2cc(F)c(F)cc21. The van der Waals surface area contributed by atoms with E-state index in [1.54, 1.807) is 11.6 Å². The van der Waals surface area contributed by atoms with Gasteiger partial charge < -0.3 is 0 Å². The van der Waals surface area contributed by atoms with Gasteiger partial charge >= 0.3 is 0 Å². The fourth-order valence-corrected chi connectivity index (χ4v) is 2.52. The number of benzene rings is 1. The molecule has 0 unspecified atom stereocenters. The highest BCUT2D eigenvalue weighted by molar-refractivity contribution is 7.09. The predicted octanol–water partition coefficient (Wildman–Crippen LogP) is 2.15. The van der Waals surface area contributed by atoms with E-state index in [4.69, 9.17) is 0 Å². The number of fused-ring (bicyclic) bond motifs is 1. The highest BCUT2D eigenvalue weighted by Crippen LogP contribution is 2.32. The maximum absolute atomic E-state index is 13.2. The van der Waals surface area contributed by atoms with Crippen molar-refractivity contribution in [2.75, 3.05) is 4.90 Å². The van der Waals surface area contributed by atoms with Gasteiger partial charge in [-0.25, -0.2) is 13.8 Å². The van der Waals surface area contributed by atoms with Crippen LogP contribution in [0.3, 0.4) is 0 Å². The van der Waals surface area contributed by atoms with E-state index in [1.807, 2.05) is 0 Å². The fraction of sp³-hybridized carbons (Fsp3) is 0.0833. The summed E-state index contributed by atoms with van der Waals surface area (Å²) in [5.74, 6) is -3.86. The predicted molar refractivity (Wildman–Crippen MR) is 64.0 cm³/mol. The van der Waals surface area contributed by atoms with E-state index in [-0.39, 0.29) is 17.8 Å². The van der Waals surface area contributed by atoms with Crippen molar-refractivity contribution in [2.45, 2.75) is 6.54 Å². The number of nitrogens with zero attached hydrogens (tertiary/aromatic N) is 2. The Bertz CT molecular complexity index is 685. The number of rotatable bonds is 2. The highest BCUT2D eigenvalue weighted by Gasteiger charge is 2.37. The molecule has 1 aliphatic heterocycles. The van der Waals surface area contributed by atoms with Gasteiger partial charge in [-0.2, -0.15) is 0 Å². The first-order valence-electron chi connectivity index (χ1n) is 5.31. The topological polar surface area (TPSA) is 50.3 Å². The van der Waals surface area contributed by atoms with Crippen molar-refractivity contribution in [3.63, 3.8) is 0 Å². The zero-order valence-electron chi connectivity index (χ0n) is 9.39. The van der Waals surface area contributed by atoms with E-state index in [2.05, 4.69) is 4.98 Å². The van der Waals surface area contributed by atoms with Crippen LogP contribution in [0.2, 0.25) is 0 Å². The van der Waals surface area contributed by atoms with Gasteiger partial charge in [0, 0.05) is 17.6 Å². The third-order valence-electron chi connectivity index (χ3n) is 2.79. The van der Waals surface area contributed by atoms with E-state index in [9.17, 15) is 18.4 Å². The van der Waals surface area contributed by atoms with E-state index < -0.39 is 23.3 Å². The maximum atomic E-state index is 13.2. The lowest BCUT2D eigenvalue weighted by atomic mass is 10.1. The summed E-state index contributed by atoms with van der Waals surface area (Å²) in [5.41, 5.74) is -0.0236. The lowest BCUT2D eigenvalue weighted by molar-refractivity contribution is -0.114. The number of aromatic nitrogens is 1. The molecule has 0 spiro atoms. The first kappa shape index (κ1) is 11.9. The van der Waals surface area contributed by atoms with Crippen LogP contribution in [-0.4, -0.2) is 16.7 Å². The quantitative estimate of drug-likeness (QED) is 0.792. The molecule has 0 bridgehead atoms. The highest BCUT2D eigenvalue weighted by atomic mass is 32.1. The van der Waals surface area contributed by atoms with Gasteiger partial charge in [-0.15, -0.1) is 11.3 Å². The average Bonchev–Trinajstić information content (AvgIpc) is 2.96. The minimum Gasteiger partial charge on any atom is -0.298 e. The van der Waals surface area contributed by atoms with Crippen LogP contribution in [0.4, 0.5) is 14.5 Å².